The predicted octanol–water partition coefficient (Wildman–Crippen LogP) is 7.44. The molecular formula is C24H29F4N3S. The van der Waals surface area contributed by atoms with Crippen molar-refractivity contribution < 1.29 is 17.6 Å². The Balaban J connectivity index is 2.10. The molecule has 0 fully saturated rings. The molecule has 0 aliphatic carbocycles. The van der Waals surface area contributed by atoms with Crippen LogP contribution < -0.4 is 4.72 Å². The number of pyridine rings is 1. The van der Waals surface area contributed by atoms with Gasteiger partial charge in [0.1, 0.15) is 11.5 Å². The van der Waals surface area contributed by atoms with Crippen LogP contribution in [-0.2, 0) is 19.3 Å². The summed E-state index contributed by atoms with van der Waals surface area (Å²) >= 11 is 1.63. The number of benzene rings is 1. The summed E-state index contributed by atoms with van der Waals surface area (Å²) < 4.78 is 59.7. The molecule has 0 saturated carbocycles. The largest absolute Gasteiger partial charge is 0.417 e. The normalized spacial score (nSPS) is 13.2. The summed E-state index contributed by atoms with van der Waals surface area (Å²) in [5.41, 5.74) is 0.597. The monoisotopic (exact) mass is 467 g/mol. The minimum atomic E-state index is -4.68. The van der Waals surface area contributed by atoms with Gasteiger partial charge in [0, 0.05) is 35.0 Å². The third kappa shape index (κ3) is 6.04. The standard InChI is InChI=1S/C24H29F4N3S/c1-22(2,3)14-31-13-15(12-29-32-23(4,5)6)17-9-10-20(30-21(17)31)18-8-7-16(25)11-19(18)24(26,27)28/h7-11,13,29H,12,14H2,1-6H3. The fraction of sp³-hybridized carbons (Fsp3) is 0.458. The van der Waals surface area contributed by atoms with Crippen molar-refractivity contribution in [3.63, 3.8) is 0 Å². The molecule has 32 heavy (non-hydrogen) atoms. The van der Waals surface area contributed by atoms with E-state index in [9.17, 15) is 17.6 Å². The molecule has 2 heterocycles. The van der Waals surface area contributed by atoms with Crippen LogP contribution in [0, 0.1) is 11.2 Å². The van der Waals surface area contributed by atoms with Crippen molar-refractivity contribution in [1.82, 2.24) is 14.3 Å². The van der Waals surface area contributed by atoms with E-state index in [-0.39, 0.29) is 21.4 Å². The number of halogens is 4. The van der Waals surface area contributed by atoms with Gasteiger partial charge >= 0.3 is 6.18 Å². The topological polar surface area (TPSA) is 29.9 Å². The lowest BCUT2D eigenvalue weighted by atomic mass is 9.97. The number of nitrogens with zero attached hydrogens (tertiary/aromatic N) is 2. The molecule has 0 saturated heterocycles. The van der Waals surface area contributed by atoms with Crippen LogP contribution in [0.1, 0.15) is 52.7 Å². The molecule has 0 unspecified atom stereocenters. The average Bonchev–Trinajstić information content (AvgIpc) is 2.95. The first-order valence-corrected chi connectivity index (χ1v) is 11.2. The van der Waals surface area contributed by atoms with Gasteiger partial charge in [-0.3, -0.25) is 4.72 Å². The smallest absolute Gasteiger partial charge is 0.332 e. The van der Waals surface area contributed by atoms with Crippen molar-refractivity contribution in [2.24, 2.45) is 5.41 Å². The molecular weight excluding hydrogens is 438 g/mol. The maximum Gasteiger partial charge on any atom is 0.417 e. The zero-order valence-electron chi connectivity index (χ0n) is 19.2. The third-order valence-corrected chi connectivity index (χ3v) is 5.55. The Labute approximate surface area is 190 Å². The van der Waals surface area contributed by atoms with E-state index < -0.39 is 17.6 Å². The van der Waals surface area contributed by atoms with Crippen molar-refractivity contribution in [1.29, 1.82) is 0 Å². The summed E-state index contributed by atoms with van der Waals surface area (Å²) in [4.78, 5) is 4.62. The van der Waals surface area contributed by atoms with Gasteiger partial charge in [0.15, 0.2) is 0 Å². The highest BCUT2D eigenvalue weighted by atomic mass is 32.2. The molecule has 2 aromatic heterocycles. The van der Waals surface area contributed by atoms with Crippen LogP contribution in [0.15, 0.2) is 36.5 Å². The van der Waals surface area contributed by atoms with E-state index in [4.69, 9.17) is 0 Å². The van der Waals surface area contributed by atoms with Gasteiger partial charge in [-0.05, 0) is 62.1 Å². The van der Waals surface area contributed by atoms with E-state index in [1.165, 1.54) is 0 Å². The minimum Gasteiger partial charge on any atom is -0.332 e. The molecule has 3 rings (SSSR count). The number of hydrogen-bond donors (Lipinski definition) is 1. The molecule has 0 bridgehead atoms. The van der Waals surface area contributed by atoms with E-state index in [1.807, 2.05) is 10.8 Å². The van der Waals surface area contributed by atoms with E-state index in [0.29, 0.717) is 24.8 Å². The Bertz CT molecular complexity index is 1110. The molecule has 0 aliphatic heterocycles. The SMILES string of the molecule is CC(C)(C)Cn1cc(CNSC(C)(C)C)c2ccc(-c3ccc(F)cc3C(F)(F)F)nc21. The molecule has 3 nitrogen and oxygen atoms in total. The highest BCUT2D eigenvalue weighted by Crippen LogP contribution is 2.38. The van der Waals surface area contributed by atoms with Gasteiger partial charge < -0.3 is 4.57 Å². The number of nitrogens with one attached hydrogen (secondary N) is 1. The van der Waals surface area contributed by atoms with Gasteiger partial charge in [0.2, 0.25) is 0 Å². The summed E-state index contributed by atoms with van der Waals surface area (Å²) in [6.45, 7) is 13.9. The lowest BCUT2D eigenvalue weighted by Gasteiger charge is -2.19. The van der Waals surface area contributed by atoms with Crippen LogP contribution in [0.4, 0.5) is 17.6 Å². The zero-order valence-corrected chi connectivity index (χ0v) is 20.0. The van der Waals surface area contributed by atoms with E-state index in [1.54, 1.807) is 24.1 Å². The van der Waals surface area contributed by atoms with E-state index in [2.05, 4.69) is 51.2 Å². The maximum atomic E-state index is 13.6. The van der Waals surface area contributed by atoms with Gasteiger partial charge in [-0.25, -0.2) is 9.37 Å². The Kier molecular flexibility index (Phi) is 6.69. The number of hydrogen-bond acceptors (Lipinski definition) is 3. The number of aromatic nitrogens is 2. The average molecular weight is 468 g/mol. The maximum absolute atomic E-state index is 13.6. The van der Waals surface area contributed by atoms with Gasteiger partial charge in [0.25, 0.3) is 0 Å². The summed E-state index contributed by atoms with van der Waals surface area (Å²) in [7, 11) is 0. The lowest BCUT2D eigenvalue weighted by Crippen LogP contribution is -2.17. The fourth-order valence-electron chi connectivity index (χ4n) is 3.46. The summed E-state index contributed by atoms with van der Waals surface area (Å²) in [6, 6.07) is 6.08. The van der Waals surface area contributed by atoms with Crippen LogP contribution in [0.3, 0.4) is 0 Å². The molecule has 8 heteroatoms. The van der Waals surface area contributed by atoms with E-state index in [0.717, 1.165) is 23.1 Å². The third-order valence-electron chi connectivity index (χ3n) is 4.65. The molecule has 0 amide bonds. The van der Waals surface area contributed by atoms with Gasteiger partial charge in [-0.1, -0.05) is 32.7 Å². The second-order valence-electron chi connectivity index (χ2n) is 10.1. The second kappa shape index (κ2) is 8.71. The minimum absolute atomic E-state index is 0.0474. The molecule has 1 N–H and O–H groups in total. The summed E-state index contributed by atoms with van der Waals surface area (Å²) in [5.74, 6) is -0.928. The van der Waals surface area contributed by atoms with Crippen molar-refractivity contribution in [3.05, 3.63) is 53.5 Å². The Morgan fingerprint density at radius 3 is 2.28 bits per heavy atom. The van der Waals surface area contributed by atoms with Crippen LogP contribution >= 0.6 is 11.9 Å². The molecule has 0 aliphatic rings. The predicted molar refractivity (Wildman–Crippen MR) is 124 cm³/mol. The van der Waals surface area contributed by atoms with Gasteiger partial charge in [-0.2, -0.15) is 13.2 Å². The quantitative estimate of drug-likeness (QED) is 0.312. The summed E-state index contributed by atoms with van der Waals surface area (Å²) in [6.07, 6.45) is -2.67. The Hall–Kier alpha value is -2.06. The number of rotatable bonds is 5. The fourth-order valence-corrected chi connectivity index (χ4v) is 4.12. The number of alkyl halides is 3. The molecule has 0 radical (unpaired) electrons. The molecule has 1 aromatic carbocycles. The van der Waals surface area contributed by atoms with Crippen molar-refractivity contribution in [2.45, 2.75) is 65.6 Å². The number of fused-ring (bicyclic) bond motifs is 1. The Morgan fingerprint density at radius 1 is 1.00 bits per heavy atom. The molecule has 3 aromatic rings. The van der Waals surface area contributed by atoms with Crippen LogP contribution in [0.2, 0.25) is 0 Å². The first-order valence-electron chi connectivity index (χ1n) is 10.4. The molecule has 174 valence electrons. The van der Waals surface area contributed by atoms with E-state index >= 15 is 0 Å². The first-order chi connectivity index (χ1) is 14.6. The molecule has 0 spiro atoms. The van der Waals surface area contributed by atoms with Crippen LogP contribution in [0.5, 0.6) is 0 Å². The Morgan fingerprint density at radius 2 is 1.69 bits per heavy atom. The zero-order chi connectivity index (χ0) is 23.9. The van der Waals surface area contributed by atoms with Gasteiger partial charge in [-0.15, -0.1) is 0 Å². The first kappa shape index (κ1) is 24.6. The van der Waals surface area contributed by atoms with Crippen molar-refractivity contribution in [2.75, 3.05) is 0 Å². The van der Waals surface area contributed by atoms with Gasteiger partial charge in [0.05, 0.1) is 11.3 Å². The molecule has 0 atom stereocenters. The highest BCUT2D eigenvalue weighted by molar-refractivity contribution is 7.98. The van der Waals surface area contributed by atoms with Crippen molar-refractivity contribution >= 4 is 23.0 Å². The summed E-state index contributed by atoms with van der Waals surface area (Å²) in [5, 5.41) is 0.885. The highest BCUT2D eigenvalue weighted by Gasteiger charge is 2.34. The second-order valence-corrected chi connectivity index (χ2v) is 11.9. The lowest BCUT2D eigenvalue weighted by molar-refractivity contribution is -0.137. The van der Waals surface area contributed by atoms with Crippen LogP contribution in [0.25, 0.3) is 22.3 Å². The van der Waals surface area contributed by atoms with Crippen LogP contribution in [-0.4, -0.2) is 14.3 Å². The van der Waals surface area contributed by atoms with Crippen molar-refractivity contribution in [3.8, 4) is 11.3 Å².